The van der Waals surface area contributed by atoms with Crippen molar-refractivity contribution in [3.63, 3.8) is 0 Å². The Morgan fingerprint density at radius 2 is 1.76 bits per heavy atom. The molecule has 0 aromatic heterocycles. The van der Waals surface area contributed by atoms with E-state index in [4.69, 9.17) is 0 Å². The smallest absolute Gasteiger partial charge is 0.223 e. The third kappa shape index (κ3) is 2.22. The fraction of sp³-hybridized carbons (Fsp3) is 0.929. The van der Waals surface area contributed by atoms with Crippen molar-refractivity contribution in [2.75, 3.05) is 6.54 Å². The zero-order valence-electron chi connectivity index (χ0n) is 10.4. The molecule has 3 nitrogen and oxygen atoms in total. The van der Waals surface area contributed by atoms with E-state index in [1.54, 1.807) is 0 Å². The van der Waals surface area contributed by atoms with Crippen molar-refractivity contribution in [1.82, 2.24) is 5.32 Å². The van der Waals surface area contributed by atoms with Crippen LogP contribution in [0.4, 0.5) is 0 Å². The summed E-state index contributed by atoms with van der Waals surface area (Å²) in [6, 6.07) is 0. The van der Waals surface area contributed by atoms with Gasteiger partial charge in [-0.2, -0.15) is 0 Å². The standard InChI is InChI=1S/C14H23NO2/c16-12-7-3-4-9(12)8-15-14(17)13-10-5-1-2-6-11(10)13/h9-13,16H,1-8H2,(H,15,17). The van der Waals surface area contributed by atoms with Gasteiger partial charge in [-0.05, 0) is 37.5 Å². The van der Waals surface area contributed by atoms with Crippen molar-refractivity contribution in [2.45, 2.75) is 51.0 Å². The summed E-state index contributed by atoms with van der Waals surface area (Å²) in [7, 11) is 0. The van der Waals surface area contributed by atoms with Gasteiger partial charge in [0.1, 0.15) is 0 Å². The number of aliphatic hydroxyl groups excluding tert-OH is 1. The molecule has 3 rings (SSSR count). The van der Waals surface area contributed by atoms with E-state index in [1.807, 2.05) is 0 Å². The Bertz CT molecular complexity index is 293. The van der Waals surface area contributed by atoms with Crippen LogP contribution in [0.25, 0.3) is 0 Å². The van der Waals surface area contributed by atoms with E-state index < -0.39 is 0 Å². The minimum atomic E-state index is -0.184. The third-order valence-corrected chi connectivity index (χ3v) is 5.12. The summed E-state index contributed by atoms with van der Waals surface area (Å²) in [5, 5.41) is 12.8. The summed E-state index contributed by atoms with van der Waals surface area (Å²) in [5.41, 5.74) is 0. The molecule has 1 amide bonds. The van der Waals surface area contributed by atoms with Crippen molar-refractivity contribution in [3.8, 4) is 0 Å². The molecule has 4 atom stereocenters. The van der Waals surface area contributed by atoms with Crippen LogP contribution in [-0.4, -0.2) is 23.7 Å². The van der Waals surface area contributed by atoms with Crippen molar-refractivity contribution >= 4 is 5.91 Å². The highest BCUT2D eigenvalue weighted by molar-refractivity contribution is 5.82. The van der Waals surface area contributed by atoms with Crippen molar-refractivity contribution in [1.29, 1.82) is 0 Å². The second kappa shape index (κ2) is 4.60. The number of carbonyl (C=O) groups excluding carboxylic acids is 1. The average Bonchev–Trinajstić information content (AvgIpc) is 2.94. The van der Waals surface area contributed by atoms with Gasteiger partial charge in [0.25, 0.3) is 0 Å². The summed E-state index contributed by atoms with van der Waals surface area (Å²) in [6.45, 7) is 0.690. The molecule has 17 heavy (non-hydrogen) atoms. The number of hydrogen-bond donors (Lipinski definition) is 2. The SMILES string of the molecule is O=C(NCC1CCCC1O)C1C2CCCCC21. The molecule has 0 radical (unpaired) electrons. The largest absolute Gasteiger partial charge is 0.393 e. The molecule has 4 unspecified atom stereocenters. The Morgan fingerprint density at radius 3 is 2.35 bits per heavy atom. The molecule has 3 aliphatic rings. The number of carbonyl (C=O) groups is 1. The van der Waals surface area contributed by atoms with E-state index in [1.165, 1.54) is 25.7 Å². The van der Waals surface area contributed by atoms with Gasteiger partial charge < -0.3 is 10.4 Å². The summed E-state index contributed by atoms with van der Waals surface area (Å²) in [5.74, 6) is 2.27. The maximum atomic E-state index is 12.0. The number of aliphatic hydroxyl groups is 1. The minimum absolute atomic E-state index is 0.184. The quantitative estimate of drug-likeness (QED) is 0.785. The van der Waals surface area contributed by atoms with Gasteiger partial charge in [0.05, 0.1) is 6.10 Å². The van der Waals surface area contributed by atoms with Gasteiger partial charge in [-0.15, -0.1) is 0 Å². The molecule has 3 saturated carbocycles. The van der Waals surface area contributed by atoms with Gasteiger partial charge >= 0.3 is 0 Å². The van der Waals surface area contributed by atoms with Gasteiger partial charge in [0, 0.05) is 18.4 Å². The third-order valence-electron chi connectivity index (χ3n) is 5.12. The highest BCUT2D eigenvalue weighted by atomic mass is 16.3. The molecule has 0 saturated heterocycles. The highest BCUT2D eigenvalue weighted by Crippen LogP contribution is 2.55. The van der Waals surface area contributed by atoms with Gasteiger partial charge in [-0.1, -0.05) is 19.3 Å². The average molecular weight is 237 g/mol. The summed E-state index contributed by atoms with van der Waals surface area (Å²) < 4.78 is 0. The topological polar surface area (TPSA) is 49.3 Å². The number of amides is 1. The number of hydrogen-bond acceptors (Lipinski definition) is 2. The van der Waals surface area contributed by atoms with E-state index in [9.17, 15) is 9.90 Å². The molecule has 0 aromatic rings. The lowest BCUT2D eigenvalue weighted by atomic mass is 10.0. The lowest BCUT2D eigenvalue weighted by Gasteiger charge is -2.15. The second-order valence-corrected chi connectivity index (χ2v) is 6.14. The molecular formula is C14H23NO2. The van der Waals surface area contributed by atoms with E-state index in [0.717, 1.165) is 19.3 Å². The van der Waals surface area contributed by atoms with Crippen molar-refractivity contribution < 1.29 is 9.90 Å². The maximum Gasteiger partial charge on any atom is 0.223 e. The predicted octanol–water partition coefficient (Wildman–Crippen LogP) is 1.70. The molecule has 0 spiro atoms. The minimum Gasteiger partial charge on any atom is -0.393 e. The zero-order valence-corrected chi connectivity index (χ0v) is 10.4. The maximum absolute atomic E-state index is 12.0. The molecule has 2 N–H and O–H groups in total. The van der Waals surface area contributed by atoms with Crippen LogP contribution in [0, 0.1) is 23.7 Å². The second-order valence-electron chi connectivity index (χ2n) is 6.14. The van der Waals surface area contributed by atoms with Crippen LogP contribution in [0.15, 0.2) is 0 Å². The lowest BCUT2D eigenvalue weighted by Crippen LogP contribution is -2.33. The van der Waals surface area contributed by atoms with E-state index in [-0.39, 0.29) is 12.0 Å². The van der Waals surface area contributed by atoms with Crippen molar-refractivity contribution in [3.05, 3.63) is 0 Å². The van der Waals surface area contributed by atoms with Gasteiger partial charge in [0.15, 0.2) is 0 Å². The van der Waals surface area contributed by atoms with E-state index in [0.29, 0.717) is 30.2 Å². The first-order valence-corrected chi connectivity index (χ1v) is 7.23. The fourth-order valence-electron chi connectivity index (χ4n) is 3.99. The van der Waals surface area contributed by atoms with E-state index in [2.05, 4.69) is 5.32 Å². The number of nitrogens with one attached hydrogen (secondary N) is 1. The van der Waals surface area contributed by atoms with Gasteiger partial charge in [0.2, 0.25) is 5.91 Å². The molecule has 0 heterocycles. The molecule has 0 bridgehead atoms. The summed E-state index contributed by atoms with van der Waals surface area (Å²) in [6.07, 6.45) is 8.05. The number of rotatable bonds is 3. The van der Waals surface area contributed by atoms with Gasteiger partial charge in [-0.25, -0.2) is 0 Å². The molecule has 0 aromatic carbocycles. The first-order chi connectivity index (χ1) is 8.27. The zero-order chi connectivity index (χ0) is 11.8. The highest BCUT2D eigenvalue weighted by Gasteiger charge is 2.54. The van der Waals surface area contributed by atoms with E-state index >= 15 is 0 Å². The molecule has 96 valence electrons. The predicted molar refractivity (Wildman–Crippen MR) is 65.3 cm³/mol. The van der Waals surface area contributed by atoms with Crippen LogP contribution in [0.3, 0.4) is 0 Å². The Labute approximate surface area is 103 Å². The number of fused-ring (bicyclic) bond motifs is 1. The van der Waals surface area contributed by atoms with Crippen molar-refractivity contribution in [2.24, 2.45) is 23.7 Å². The Hall–Kier alpha value is -0.570. The molecular weight excluding hydrogens is 214 g/mol. The lowest BCUT2D eigenvalue weighted by molar-refractivity contribution is -0.123. The van der Waals surface area contributed by atoms with Crippen LogP contribution in [0.5, 0.6) is 0 Å². The molecule has 3 aliphatic carbocycles. The monoisotopic (exact) mass is 237 g/mol. The molecule has 3 fully saturated rings. The van der Waals surface area contributed by atoms with Crippen LogP contribution in [-0.2, 0) is 4.79 Å². The Morgan fingerprint density at radius 1 is 1.06 bits per heavy atom. The molecule has 0 aliphatic heterocycles. The molecule has 3 heteroatoms. The van der Waals surface area contributed by atoms with Crippen LogP contribution < -0.4 is 5.32 Å². The van der Waals surface area contributed by atoms with Crippen LogP contribution in [0.1, 0.15) is 44.9 Å². The first-order valence-electron chi connectivity index (χ1n) is 7.23. The van der Waals surface area contributed by atoms with Crippen LogP contribution in [0.2, 0.25) is 0 Å². The first kappa shape index (κ1) is 11.5. The summed E-state index contributed by atoms with van der Waals surface area (Å²) in [4.78, 5) is 12.0. The summed E-state index contributed by atoms with van der Waals surface area (Å²) >= 11 is 0. The Balaban J connectivity index is 1.45. The van der Waals surface area contributed by atoms with Gasteiger partial charge in [-0.3, -0.25) is 4.79 Å². The van der Waals surface area contributed by atoms with Crippen LogP contribution >= 0.6 is 0 Å². The fourth-order valence-corrected chi connectivity index (χ4v) is 3.99. The normalized spacial score (nSPS) is 44.2. The Kier molecular flexibility index (Phi) is 3.12.